The van der Waals surface area contributed by atoms with Crippen LogP contribution in [0.25, 0.3) is 10.9 Å². The first kappa shape index (κ1) is 22.2. The number of aliphatic carboxylic acids is 1. The lowest BCUT2D eigenvalue weighted by Gasteiger charge is -2.14. The number of carbonyl (C=O) groups excluding carboxylic acids is 1. The first-order chi connectivity index (χ1) is 14.2. The molecule has 0 saturated heterocycles. The van der Waals surface area contributed by atoms with Gasteiger partial charge in [-0.25, -0.2) is 9.97 Å². The van der Waals surface area contributed by atoms with Crippen molar-refractivity contribution in [1.82, 2.24) is 15.3 Å². The molecular formula is C21H19Br2N3O4. The van der Waals surface area contributed by atoms with E-state index in [1.165, 1.54) is 6.92 Å². The Bertz CT molecular complexity index is 1130. The fourth-order valence-corrected chi connectivity index (χ4v) is 4.14. The van der Waals surface area contributed by atoms with Gasteiger partial charge in [0.15, 0.2) is 5.75 Å². The number of ether oxygens (including phenoxy) is 1. The van der Waals surface area contributed by atoms with Crippen LogP contribution in [-0.2, 0) is 11.2 Å². The van der Waals surface area contributed by atoms with Crippen molar-refractivity contribution in [3.8, 4) is 11.5 Å². The highest BCUT2D eigenvalue weighted by Crippen LogP contribution is 2.38. The summed E-state index contributed by atoms with van der Waals surface area (Å²) in [6.45, 7) is 5.35. The molecule has 3 rings (SSSR count). The van der Waals surface area contributed by atoms with Gasteiger partial charge >= 0.3 is 5.97 Å². The van der Waals surface area contributed by atoms with E-state index >= 15 is 0 Å². The molecular weight excluding hydrogens is 518 g/mol. The number of carboxylic acid groups (broad SMARTS) is 1. The summed E-state index contributed by atoms with van der Waals surface area (Å²) in [4.78, 5) is 32.3. The van der Waals surface area contributed by atoms with Crippen LogP contribution in [0.15, 0.2) is 39.3 Å². The van der Waals surface area contributed by atoms with Gasteiger partial charge in [0.05, 0.1) is 14.5 Å². The molecule has 0 bridgehead atoms. The molecule has 0 aliphatic rings. The number of hydrogen-bond donors (Lipinski definition) is 2. The molecule has 1 atom stereocenters. The van der Waals surface area contributed by atoms with Gasteiger partial charge in [-0.05, 0) is 76.0 Å². The maximum atomic E-state index is 12.3. The molecule has 0 spiro atoms. The third kappa shape index (κ3) is 4.79. The highest BCUT2D eigenvalue weighted by molar-refractivity contribution is 9.11. The molecule has 0 radical (unpaired) electrons. The van der Waals surface area contributed by atoms with E-state index in [2.05, 4.69) is 47.1 Å². The van der Waals surface area contributed by atoms with Crippen LogP contribution in [0.2, 0.25) is 0 Å². The fraction of sp³-hybridized carbons (Fsp3) is 0.238. The number of halogens is 2. The Hall–Kier alpha value is -2.52. The minimum atomic E-state index is -1.11. The zero-order chi connectivity index (χ0) is 22.0. The molecule has 2 N–H and O–H groups in total. The van der Waals surface area contributed by atoms with Crippen LogP contribution in [0.4, 0.5) is 0 Å². The third-order valence-corrected chi connectivity index (χ3v) is 5.60. The van der Waals surface area contributed by atoms with Crippen LogP contribution in [0.5, 0.6) is 11.5 Å². The van der Waals surface area contributed by atoms with Gasteiger partial charge in [0, 0.05) is 23.1 Å². The molecule has 0 fully saturated rings. The second kappa shape index (κ2) is 9.09. The van der Waals surface area contributed by atoms with Crippen molar-refractivity contribution < 1.29 is 19.4 Å². The summed E-state index contributed by atoms with van der Waals surface area (Å²) < 4.78 is 7.12. The molecule has 30 heavy (non-hydrogen) atoms. The number of aryl methyl sites for hydroxylation is 2. The average molecular weight is 537 g/mol. The molecule has 2 aromatic carbocycles. The number of rotatable bonds is 6. The number of amides is 1. The summed E-state index contributed by atoms with van der Waals surface area (Å²) in [6, 6.07) is 7.73. The van der Waals surface area contributed by atoms with Crippen molar-refractivity contribution in [2.45, 2.75) is 33.2 Å². The van der Waals surface area contributed by atoms with Crippen LogP contribution >= 0.6 is 31.9 Å². The summed E-state index contributed by atoms with van der Waals surface area (Å²) >= 11 is 6.85. The molecule has 1 aromatic heterocycles. The van der Waals surface area contributed by atoms with E-state index in [0.29, 0.717) is 26.0 Å². The van der Waals surface area contributed by atoms with Gasteiger partial charge in [-0.15, -0.1) is 0 Å². The van der Waals surface area contributed by atoms with Crippen molar-refractivity contribution in [1.29, 1.82) is 0 Å². The average Bonchev–Trinajstić information content (AvgIpc) is 2.70. The Labute approximate surface area is 190 Å². The van der Waals surface area contributed by atoms with E-state index in [4.69, 9.17) is 9.84 Å². The number of nitrogens with zero attached hydrogens (tertiary/aromatic N) is 2. The third-order valence-electron chi connectivity index (χ3n) is 4.42. The summed E-state index contributed by atoms with van der Waals surface area (Å²) in [7, 11) is 0. The number of benzene rings is 2. The molecule has 7 nitrogen and oxygen atoms in total. The molecule has 0 aliphatic heterocycles. The quantitative estimate of drug-likeness (QED) is 0.458. The van der Waals surface area contributed by atoms with Crippen LogP contribution in [0, 0.1) is 6.92 Å². The molecule has 9 heteroatoms. The second-order valence-corrected chi connectivity index (χ2v) is 8.37. The van der Waals surface area contributed by atoms with E-state index in [0.717, 1.165) is 28.8 Å². The van der Waals surface area contributed by atoms with Crippen molar-refractivity contribution in [3.63, 3.8) is 0 Å². The monoisotopic (exact) mass is 535 g/mol. The molecule has 0 saturated carbocycles. The lowest BCUT2D eigenvalue weighted by molar-refractivity contribution is -0.138. The SMILES string of the molecule is CCc1nc(C)c2cc(Oc3c(Br)cc(C(=O)N[C@@H](C)C(=O)O)cc3Br)ccc2n1. The van der Waals surface area contributed by atoms with Crippen molar-refractivity contribution in [2.24, 2.45) is 0 Å². The molecule has 1 heterocycles. The highest BCUT2D eigenvalue weighted by atomic mass is 79.9. The Morgan fingerprint density at radius 3 is 2.43 bits per heavy atom. The number of fused-ring (bicyclic) bond motifs is 1. The number of hydrogen-bond acceptors (Lipinski definition) is 5. The van der Waals surface area contributed by atoms with E-state index in [9.17, 15) is 9.59 Å². The largest absolute Gasteiger partial charge is 0.480 e. The standard InChI is InChI=1S/C21H19Br2N3O4/c1-4-18-24-10(2)14-9-13(5-6-17(14)26-18)30-19-15(22)7-12(8-16(19)23)20(27)25-11(3)21(28)29/h5-9,11H,4H2,1-3H3,(H,25,27)(H,28,29)/t11-/m0/s1. The van der Waals surface area contributed by atoms with Crippen LogP contribution in [0.1, 0.15) is 35.7 Å². The molecule has 1 amide bonds. The fourth-order valence-electron chi connectivity index (χ4n) is 2.79. The van der Waals surface area contributed by atoms with Gasteiger partial charge in [0.1, 0.15) is 17.6 Å². The van der Waals surface area contributed by atoms with E-state index in [-0.39, 0.29) is 0 Å². The van der Waals surface area contributed by atoms with E-state index in [1.54, 1.807) is 12.1 Å². The zero-order valence-corrected chi connectivity index (χ0v) is 19.7. The van der Waals surface area contributed by atoms with Gasteiger partial charge in [-0.3, -0.25) is 9.59 Å². The van der Waals surface area contributed by atoms with Gasteiger partial charge in [0.25, 0.3) is 5.91 Å². The maximum Gasteiger partial charge on any atom is 0.325 e. The lowest BCUT2D eigenvalue weighted by atomic mass is 10.1. The Kier molecular flexibility index (Phi) is 6.72. The molecule has 3 aromatic rings. The number of aromatic nitrogens is 2. The number of carboxylic acids is 1. The van der Waals surface area contributed by atoms with Crippen LogP contribution in [-0.4, -0.2) is 33.0 Å². The van der Waals surface area contributed by atoms with Crippen LogP contribution in [0.3, 0.4) is 0 Å². The first-order valence-electron chi connectivity index (χ1n) is 9.17. The normalized spacial score (nSPS) is 11.9. The number of nitrogens with one attached hydrogen (secondary N) is 1. The Morgan fingerprint density at radius 2 is 1.83 bits per heavy atom. The summed E-state index contributed by atoms with van der Waals surface area (Å²) in [5.41, 5.74) is 2.02. The van der Waals surface area contributed by atoms with Gasteiger partial charge < -0.3 is 15.2 Å². The van der Waals surface area contributed by atoms with Gasteiger partial charge in [-0.1, -0.05) is 6.92 Å². The topological polar surface area (TPSA) is 101 Å². The van der Waals surface area contributed by atoms with Crippen molar-refractivity contribution in [2.75, 3.05) is 0 Å². The molecule has 156 valence electrons. The smallest absolute Gasteiger partial charge is 0.325 e. The predicted octanol–water partition coefficient (Wildman–Crippen LogP) is 5.02. The minimum Gasteiger partial charge on any atom is -0.480 e. The maximum absolute atomic E-state index is 12.3. The lowest BCUT2D eigenvalue weighted by Crippen LogP contribution is -2.38. The highest BCUT2D eigenvalue weighted by Gasteiger charge is 2.18. The summed E-state index contributed by atoms with van der Waals surface area (Å²) in [5, 5.41) is 12.3. The Balaban J connectivity index is 1.89. The molecule has 0 aliphatic carbocycles. The summed E-state index contributed by atoms with van der Waals surface area (Å²) in [6.07, 6.45) is 0.764. The van der Waals surface area contributed by atoms with Crippen molar-refractivity contribution >= 4 is 54.6 Å². The van der Waals surface area contributed by atoms with Crippen molar-refractivity contribution in [3.05, 3.63) is 56.4 Å². The minimum absolute atomic E-state index is 0.295. The van der Waals surface area contributed by atoms with Gasteiger partial charge in [0.2, 0.25) is 0 Å². The zero-order valence-electron chi connectivity index (χ0n) is 16.5. The predicted molar refractivity (Wildman–Crippen MR) is 120 cm³/mol. The van der Waals surface area contributed by atoms with Crippen LogP contribution < -0.4 is 10.1 Å². The summed E-state index contributed by atoms with van der Waals surface area (Å²) in [5.74, 6) is 0.272. The Morgan fingerprint density at radius 1 is 1.17 bits per heavy atom. The second-order valence-electron chi connectivity index (χ2n) is 6.66. The number of carbonyl (C=O) groups is 2. The molecule has 0 unspecified atom stereocenters. The van der Waals surface area contributed by atoms with E-state index < -0.39 is 17.9 Å². The van der Waals surface area contributed by atoms with E-state index in [1.807, 2.05) is 32.0 Å². The van der Waals surface area contributed by atoms with Gasteiger partial charge in [-0.2, -0.15) is 0 Å². The first-order valence-corrected chi connectivity index (χ1v) is 10.8.